The molecule has 1 aromatic carbocycles. The van der Waals surface area contributed by atoms with Gasteiger partial charge in [0.2, 0.25) is 0 Å². The second-order valence-electron chi connectivity index (χ2n) is 7.69. The van der Waals surface area contributed by atoms with Gasteiger partial charge in [0, 0.05) is 19.3 Å². The summed E-state index contributed by atoms with van der Waals surface area (Å²) in [5.41, 5.74) is 0.451. The zero-order valence-electron chi connectivity index (χ0n) is 15.2. The van der Waals surface area contributed by atoms with Gasteiger partial charge in [-0.15, -0.1) is 0 Å². The normalized spacial score (nSPS) is 22.8. The summed E-state index contributed by atoms with van der Waals surface area (Å²) in [4.78, 5) is 12.5. The first-order chi connectivity index (χ1) is 11.7. The van der Waals surface area contributed by atoms with Gasteiger partial charge in [0.25, 0.3) is 5.91 Å². The van der Waals surface area contributed by atoms with Gasteiger partial charge in [-0.2, -0.15) is 0 Å². The molecule has 0 saturated carbocycles. The Bertz CT molecular complexity index is 642. The van der Waals surface area contributed by atoms with Gasteiger partial charge < -0.3 is 19.4 Å². The predicted octanol–water partition coefficient (Wildman–Crippen LogP) is 2.55. The molecule has 0 atom stereocenters. The van der Waals surface area contributed by atoms with Crippen LogP contribution in [0.15, 0.2) is 18.2 Å². The van der Waals surface area contributed by atoms with E-state index in [1.807, 2.05) is 33.8 Å². The van der Waals surface area contributed by atoms with Gasteiger partial charge in [0.1, 0.15) is 0 Å². The van der Waals surface area contributed by atoms with Gasteiger partial charge in [-0.3, -0.25) is 4.79 Å². The van der Waals surface area contributed by atoms with E-state index in [1.54, 1.807) is 12.1 Å². The number of rotatable bonds is 3. The van der Waals surface area contributed by atoms with E-state index in [9.17, 15) is 4.79 Å². The van der Waals surface area contributed by atoms with Crippen molar-refractivity contribution in [1.82, 2.24) is 5.32 Å². The van der Waals surface area contributed by atoms with Crippen molar-refractivity contribution < 1.29 is 18.8 Å². The van der Waals surface area contributed by atoms with Crippen LogP contribution in [0.3, 0.4) is 0 Å². The van der Waals surface area contributed by atoms with Crippen molar-refractivity contribution in [2.24, 2.45) is 0 Å². The van der Waals surface area contributed by atoms with Crippen LogP contribution in [-0.2, 0) is 14.0 Å². The van der Waals surface area contributed by atoms with E-state index in [1.165, 1.54) is 0 Å². The molecule has 0 aliphatic carbocycles. The summed E-state index contributed by atoms with van der Waals surface area (Å²) in [7, 11) is -0.491. The number of halogens is 1. The van der Waals surface area contributed by atoms with Crippen LogP contribution < -0.4 is 10.8 Å². The Kier molecular flexibility index (Phi) is 5.17. The number of carbonyl (C=O) groups excluding carboxylic acids is 1. The molecule has 25 heavy (non-hydrogen) atoms. The number of benzene rings is 1. The lowest BCUT2D eigenvalue weighted by atomic mass is 9.79. The number of hydrogen-bond acceptors (Lipinski definition) is 4. The fourth-order valence-corrected chi connectivity index (χ4v) is 3.22. The molecule has 2 aliphatic heterocycles. The van der Waals surface area contributed by atoms with Crippen molar-refractivity contribution in [3.63, 3.8) is 0 Å². The molecule has 2 heterocycles. The highest BCUT2D eigenvalue weighted by Crippen LogP contribution is 2.36. The molecular formula is C18H25BClNO4. The summed E-state index contributed by atoms with van der Waals surface area (Å²) in [6.07, 6.45) is 1.66. The molecule has 1 aromatic rings. The van der Waals surface area contributed by atoms with Crippen LogP contribution in [0, 0.1) is 0 Å². The van der Waals surface area contributed by atoms with Crippen molar-refractivity contribution in [2.75, 3.05) is 13.2 Å². The van der Waals surface area contributed by atoms with Crippen LogP contribution in [0.25, 0.3) is 0 Å². The fraction of sp³-hybridized carbons (Fsp3) is 0.611. The van der Waals surface area contributed by atoms with Crippen molar-refractivity contribution in [1.29, 1.82) is 0 Å². The lowest BCUT2D eigenvalue weighted by molar-refractivity contribution is 0.00578. The van der Waals surface area contributed by atoms with E-state index >= 15 is 0 Å². The third-order valence-corrected chi connectivity index (χ3v) is 5.63. The van der Waals surface area contributed by atoms with E-state index < -0.39 is 18.3 Å². The van der Waals surface area contributed by atoms with Crippen molar-refractivity contribution in [2.45, 2.75) is 57.8 Å². The molecular weight excluding hydrogens is 340 g/mol. The van der Waals surface area contributed by atoms with Crippen LogP contribution in [0.4, 0.5) is 0 Å². The largest absolute Gasteiger partial charge is 0.494 e. The molecule has 2 aliphatic rings. The second-order valence-corrected chi connectivity index (χ2v) is 8.09. The summed E-state index contributed by atoms with van der Waals surface area (Å²) in [5, 5.41) is 3.43. The van der Waals surface area contributed by atoms with Gasteiger partial charge >= 0.3 is 7.12 Å². The van der Waals surface area contributed by atoms with E-state index in [0.717, 1.165) is 18.3 Å². The molecule has 0 aromatic heterocycles. The number of nitrogens with one attached hydrogen (secondary N) is 1. The monoisotopic (exact) mass is 365 g/mol. The van der Waals surface area contributed by atoms with E-state index in [0.29, 0.717) is 23.8 Å². The van der Waals surface area contributed by atoms with Gasteiger partial charge in [0.05, 0.1) is 21.8 Å². The lowest BCUT2D eigenvalue weighted by Crippen LogP contribution is -2.41. The smallest absolute Gasteiger partial charge is 0.399 e. The molecule has 136 valence electrons. The first-order valence-corrected chi connectivity index (χ1v) is 9.11. The molecule has 3 rings (SSSR count). The maximum Gasteiger partial charge on any atom is 0.494 e. The summed E-state index contributed by atoms with van der Waals surface area (Å²) in [6, 6.07) is 5.47. The zero-order chi connectivity index (χ0) is 18.2. The Morgan fingerprint density at radius 2 is 1.76 bits per heavy atom. The zero-order valence-corrected chi connectivity index (χ0v) is 16.0. The lowest BCUT2D eigenvalue weighted by Gasteiger charge is -2.32. The summed E-state index contributed by atoms with van der Waals surface area (Å²) < 4.78 is 17.4. The number of hydrogen-bond donors (Lipinski definition) is 1. The van der Waals surface area contributed by atoms with E-state index in [-0.39, 0.29) is 11.9 Å². The molecule has 5 nitrogen and oxygen atoms in total. The standard InChI is InChI=1S/C18H25BClNO4/c1-17(2)18(3,4)25-19(24-17)12-5-6-14(15(20)11-12)16(22)21-13-7-9-23-10-8-13/h5-6,11,13H,7-10H2,1-4H3,(H,21,22). The van der Waals surface area contributed by atoms with Crippen LogP contribution in [0.5, 0.6) is 0 Å². The molecule has 2 saturated heterocycles. The minimum absolute atomic E-state index is 0.139. The predicted molar refractivity (Wildman–Crippen MR) is 98.5 cm³/mol. The van der Waals surface area contributed by atoms with E-state index in [2.05, 4.69) is 5.32 Å². The van der Waals surface area contributed by atoms with Crippen LogP contribution in [0.2, 0.25) is 5.02 Å². The highest BCUT2D eigenvalue weighted by atomic mass is 35.5. The fourth-order valence-electron chi connectivity index (χ4n) is 2.95. The maximum absolute atomic E-state index is 12.5. The highest BCUT2D eigenvalue weighted by molar-refractivity contribution is 6.62. The Morgan fingerprint density at radius 1 is 1.16 bits per heavy atom. The molecule has 1 amide bonds. The molecule has 2 fully saturated rings. The Hall–Kier alpha value is -1.08. The molecule has 1 N–H and O–H groups in total. The Labute approximate surface area is 154 Å². The average molecular weight is 366 g/mol. The number of ether oxygens (including phenoxy) is 1. The SMILES string of the molecule is CC1(C)OB(c2ccc(C(=O)NC3CCOCC3)c(Cl)c2)OC1(C)C. The molecule has 0 radical (unpaired) electrons. The van der Waals surface area contributed by atoms with Gasteiger partial charge in [-0.25, -0.2) is 0 Å². The van der Waals surface area contributed by atoms with Gasteiger partial charge in [0.15, 0.2) is 0 Å². The van der Waals surface area contributed by atoms with Crippen LogP contribution in [0.1, 0.15) is 50.9 Å². The Balaban J connectivity index is 1.72. The van der Waals surface area contributed by atoms with Crippen LogP contribution in [-0.4, -0.2) is 43.5 Å². The van der Waals surface area contributed by atoms with Gasteiger partial charge in [-0.1, -0.05) is 17.7 Å². The number of amides is 1. The Morgan fingerprint density at radius 3 is 2.32 bits per heavy atom. The maximum atomic E-state index is 12.5. The van der Waals surface area contributed by atoms with E-state index in [4.69, 9.17) is 25.6 Å². The van der Waals surface area contributed by atoms with Gasteiger partial charge in [-0.05, 0) is 58.1 Å². The summed E-state index contributed by atoms with van der Waals surface area (Å²) >= 11 is 6.37. The number of carbonyl (C=O) groups is 1. The first-order valence-electron chi connectivity index (χ1n) is 8.73. The molecule has 0 unspecified atom stereocenters. The van der Waals surface area contributed by atoms with Crippen molar-refractivity contribution in [3.8, 4) is 0 Å². The van der Waals surface area contributed by atoms with Crippen LogP contribution >= 0.6 is 11.6 Å². The molecule has 0 bridgehead atoms. The average Bonchev–Trinajstić information content (AvgIpc) is 2.76. The van der Waals surface area contributed by atoms with Crippen molar-refractivity contribution in [3.05, 3.63) is 28.8 Å². The molecule has 7 heteroatoms. The topological polar surface area (TPSA) is 56.8 Å². The summed E-state index contributed by atoms with van der Waals surface area (Å²) in [6.45, 7) is 9.38. The summed E-state index contributed by atoms with van der Waals surface area (Å²) in [5.74, 6) is -0.155. The second kappa shape index (κ2) is 6.91. The third-order valence-electron chi connectivity index (χ3n) is 5.32. The minimum atomic E-state index is -0.491. The molecule has 0 spiro atoms. The first kappa shape index (κ1) is 18.7. The quantitative estimate of drug-likeness (QED) is 0.836. The minimum Gasteiger partial charge on any atom is -0.399 e. The van der Waals surface area contributed by atoms with Crippen molar-refractivity contribution >= 4 is 30.1 Å². The third kappa shape index (κ3) is 3.87. The highest BCUT2D eigenvalue weighted by Gasteiger charge is 2.51.